The Kier molecular flexibility index (Phi) is 5.71. The third kappa shape index (κ3) is 4.39. The molecule has 0 atom stereocenters. The van der Waals surface area contributed by atoms with Gasteiger partial charge in [0.2, 0.25) is 5.91 Å². The van der Waals surface area contributed by atoms with E-state index in [1.165, 1.54) is 5.69 Å². The fourth-order valence-electron chi connectivity index (χ4n) is 2.86. The highest BCUT2D eigenvalue weighted by Crippen LogP contribution is 2.16. The van der Waals surface area contributed by atoms with Crippen molar-refractivity contribution in [3.63, 3.8) is 0 Å². The van der Waals surface area contributed by atoms with Crippen LogP contribution in [0.3, 0.4) is 0 Å². The predicted octanol–water partition coefficient (Wildman–Crippen LogP) is 2.53. The van der Waals surface area contributed by atoms with E-state index in [0.29, 0.717) is 18.7 Å². The van der Waals surface area contributed by atoms with E-state index in [0.717, 1.165) is 17.6 Å². The predicted molar refractivity (Wildman–Crippen MR) is 102 cm³/mol. The molecule has 5 nitrogen and oxygen atoms in total. The first-order chi connectivity index (χ1) is 12.1. The Bertz CT molecular complexity index is 743. The molecule has 130 valence electrons. The van der Waals surface area contributed by atoms with Crippen LogP contribution in [0, 0.1) is 0 Å². The van der Waals surface area contributed by atoms with E-state index >= 15 is 0 Å². The molecule has 3 rings (SSSR count). The van der Waals surface area contributed by atoms with Crippen LogP contribution in [-0.2, 0) is 4.79 Å². The number of nitrogens with zero attached hydrogens (tertiary/aromatic N) is 2. The van der Waals surface area contributed by atoms with Crippen molar-refractivity contribution < 1.29 is 9.59 Å². The van der Waals surface area contributed by atoms with Crippen molar-refractivity contribution in [2.75, 3.05) is 37.6 Å². The Morgan fingerprint density at radius 2 is 1.56 bits per heavy atom. The minimum Gasteiger partial charge on any atom is -0.368 e. The zero-order chi connectivity index (χ0) is 17.6. The van der Waals surface area contributed by atoms with Crippen molar-refractivity contribution in [3.8, 4) is 0 Å². The zero-order valence-corrected chi connectivity index (χ0v) is 15.4. The number of nitrogens with one attached hydrogen (secondary N) is 1. The van der Waals surface area contributed by atoms with E-state index in [4.69, 9.17) is 0 Å². The number of benzene rings is 2. The van der Waals surface area contributed by atoms with Gasteiger partial charge >= 0.3 is 0 Å². The van der Waals surface area contributed by atoms with Gasteiger partial charge in [0.05, 0.1) is 12.1 Å². The van der Waals surface area contributed by atoms with Crippen molar-refractivity contribution in [2.24, 2.45) is 0 Å². The molecule has 0 aromatic heterocycles. The molecule has 1 aliphatic rings. The number of carbonyl (C=O) groups excluding carboxylic acids is 2. The fraction of sp³-hybridized carbons (Fsp3) is 0.263. The first-order valence-electron chi connectivity index (χ1n) is 8.25. The van der Waals surface area contributed by atoms with E-state index in [1.54, 1.807) is 23.1 Å². The number of piperazine rings is 1. The SMILES string of the molecule is O=C(NCC(=O)N1CCN(c2ccccc2)CC1)c1ccccc1Br. The van der Waals surface area contributed by atoms with Crippen LogP contribution in [0.5, 0.6) is 0 Å². The third-order valence-corrected chi connectivity index (χ3v) is 4.96. The topological polar surface area (TPSA) is 52.7 Å². The van der Waals surface area contributed by atoms with Crippen LogP contribution in [0.4, 0.5) is 5.69 Å². The smallest absolute Gasteiger partial charge is 0.252 e. The summed E-state index contributed by atoms with van der Waals surface area (Å²) in [6.45, 7) is 2.95. The summed E-state index contributed by atoms with van der Waals surface area (Å²) in [4.78, 5) is 28.6. The molecular formula is C19H20BrN3O2. The number of carbonyl (C=O) groups is 2. The number of para-hydroxylation sites is 1. The molecule has 0 unspecified atom stereocenters. The molecule has 0 spiro atoms. The second-order valence-electron chi connectivity index (χ2n) is 5.87. The maximum absolute atomic E-state index is 12.3. The lowest BCUT2D eigenvalue weighted by atomic mass is 10.2. The molecule has 1 N–H and O–H groups in total. The number of amides is 2. The quantitative estimate of drug-likeness (QED) is 0.856. The molecule has 0 radical (unpaired) electrons. The molecule has 6 heteroatoms. The zero-order valence-electron chi connectivity index (χ0n) is 13.8. The minimum atomic E-state index is -0.247. The maximum Gasteiger partial charge on any atom is 0.252 e. The molecule has 25 heavy (non-hydrogen) atoms. The van der Waals surface area contributed by atoms with Crippen molar-refractivity contribution in [3.05, 3.63) is 64.6 Å². The van der Waals surface area contributed by atoms with Crippen molar-refractivity contribution in [1.82, 2.24) is 10.2 Å². The lowest BCUT2D eigenvalue weighted by Crippen LogP contribution is -2.51. The van der Waals surface area contributed by atoms with Crippen molar-refractivity contribution in [1.29, 1.82) is 0 Å². The van der Waals surface area contributed by atoms with Crippen LogP contribution in [0.15, 0.2) is 59.1 Å². The van der Waals surface area contributed by atoms with E-state index in [2.05, 4.69) is 38.3 Å². The molecule has 2 amide bonds. The molecule has 2 aromatic carbocycles. The maximum atomic E-state index is 12.3. The highest BCUT2D eigenvalue weighted by Gasteiger charge is 2.21. The second kappa shape index (κ2) is 8.16. The first kappa shape index (κ1) is 17.5. The summed E-state index contributed by atoms with van der Waals surface area (Å²) in [7, 11) is 0. The summed E-state index contributed by atoms with van der Waals surface area (Å²) in [5.74, 6) is -0.295. The lowest BCUT2D eigenvalue weighted by Gasteiger charge is -2.36. The number of hydrogen-bond donors (Lipinski definition) is 1. The molecule has 1 saturated heterocycles. The van der Waals surface area contributed by atoms with Gasteiger partial charge in [-0.25, -0.2) is 0 Å². The second-order valence-corrected chi connectivity index (χ2v) is 6.72. The lowest BCUT2D eigenvalue weighted by molar-refractivity contribution is -0.130. The number of hydrogen-bond acceptors (Lipinski definition) is 3. The summed E-state index contributed by atoms with van der Waals surface area (Å²) in [5.41, 5.74) is 1.71. The average molecular weight is 402 g/mol. The summed E-state index contributed by atoms with van der Waals surface area (Å²) in [5, 5.41) is 2.71. The largest absolute Gasteiger partial charge is 0.368 e. The molecule has 2 aromatic rings. The Hall–Kier alpha value is -2.34. The molecule has 1 aliphatic heterocycles. The number of rotatable bonds is 4. The normalized spacial score (nSPS) is 14.3. The number of halogens is 1. The van der Waals surface area contributed by atoms with Gasteiger partial charge in [0.25, 0.3) is 5.91 Å². The van der Waals surface area contributed by atoms with Gasteiger partial charge in [-0.2, -0.15) is 0 Å². The van der Waals surface area contributed by atoms with Gasteiger partial charge in [0.1, 0.15) is 0 Å². The third-order valence-electron chi connectivity index (χ3n) is 4.27. The van der Waals surface area contributed by atoms with Crippen LogP contribution in [0.2, 0.25) is 0 Å². The highest BCUT2D eigenvalue weighted by atomic mass is 79.9. The Morgan fingerprint density at radius 3 is 2.24 bits per heavy atom. The van der Waals surface area contributed by atoms with Gasteiger partial charge < -0.3 is 15.1 Å². The summed E-state index contributed by atoms with van der Waals surface area (Å²) in [6, 6.07) is 17.4. The Balaban J connectivity index is 1.48. The highest BCUT2D eigenvalue weighted by molar-refractivity contribution is 9.10. The van der Waals surface area contributed by atoms with Crippen LogP contribution in [0.1, 0.15) is 10.4 Å². The van der Waals surface area contributed by atoms with Gasteiger partial charge in [-0.1, -0.05) is 30.3 Å². The molecule has 1 fully saturated rings. The summed E-state index contributed by atoms with van der Waals surface area (Å²) in [6.07, 6.45) is 0. The van der Waals surface area contributed by atoms with E-state index in [-0.39, 0.29) is 18.4 Å². The van der Waals surface area contributed by atoms with Gasteiger partial charge in [-0.3, -0.25) is 9.59 Å². The minimum absolute atomic E-state index is 0.0193. The first-order valence-corrected chi connectivity index (χ1v) is 9.05. The van der Waals surface area contributed by atoms with Crippen LogP contribution < -0.4 is 10.2 Å². The molecular weight excluding hydrogens is 382 g/mol. The van der Waals surface area contributed by atoms with E-state index < -0.39 is 0 Å². The molecule has 0 aliphatic carbocycles. The van der Waals surface area contributed by atoms with Gasteiger partial charge in [-0.05, 0) is 40.2 Å². The number of anilines is 1. The van der Waals surface area contributed by atoms with Gasteiger partial charge in [0, 0.05) is 36.3 Å². The molecule has 0 saturated carbocycles. The average Bonchev–Trinajstić information content (AvgIpc) is 2.67. The standard InChI is InChI=1S/C19H20BrN3O2/c20-17-9-5-4-8-16(17)19(25)21-14-18(24)23-12-10-22(11-13-23)15-6-2-1-3-7-15/h1-9H,10-14H2,(H,21,25). The fourth-order valence-corrected chi connectivity index (χ4v) is 3.33. The molecule has 0 bridgehead atoms. The molecule has 1 heterocycles. The van der Waals surface area contributed by atoms with Crippen LogP contribution in [-0.4, -0.2) is 49.4 Å². The Morgan fingerprint density at radius 1 is 0.920 bits per heavy atom. The van der Waals surface area contributed by atoms with Crippen LogP contribution in [0.25, 0.3) is 0 Å². The van der Waals surface area contributed by atoms with Gasteiger partial charge in [0.15, 0.2) is 0 Å². The summed E-state index contributed by atoms with van der Waals surface area (Å²) < 4.78 is 0.719. The summed E-state index contributed by atoms with van der Waals surface area (Å²) >= 11 is 3.35. The van der Waals surface area contributed by atoms with Crippen LogP contribution >= 0.6 is 15.9 Å². The Labute approximate surface area is 155 Å². The van der Waals surface area contributed by atoms with Crippen molar-refractivity contribution >= 4 is 33.4 Å². The van der Waals surface area contributed by atoms with E-state index in [1.807, 2.05) is 24.3 Å². The van der Waals surface area contributed by atoms with E-state index in [9.17, 15) is 9.59 Å². The van der Waals surface area contributed by atoms with Crippen molar-refractivity contribution in [2.45, 2.75) is 0 Å². The van der Waals surface area contributed by atoms with Gasteiger partial charge in [-0.15, -0.1) is 0 Å². The monoisotopic (exact) mass is 401 g/mol.